The fourth-order valence-electron chi connectivity index (χ4n) is 2.47. The minimum Gasteiger partial charge on any atom is -0.355 e. The SMILES string of the molecule is Cc1cc(=O)n2c(CCNC(=O)Cc3ccccc3Cl)csc2n1. The summed E-state index contributed by atoms with van der Waals surface area (Å²) in [5.74, 6) is -0.0936. The topological polar surface area (TPSA) is 63.5 Å². The van der Waals surface area contributed by atoms with Crippen molar-refractivity contribution in [3.05, 3.63) is 68.0 Å². The lowest BCUT2D eigenvalue weighted by atomic mass is 10.1. The third kappa shape index (κ3) is 3.66. The Morgan fingerprint density at radius 3 is 2.96 bits per heavy atom. The van der Waals surface area contributed by atoms with Gasteiger partial charge in [-0.15, -0.1) is 11.3 Å². The van der Waals surface area contributed by atoms with Crippen LogP contribution in [0.5, 0.6) is 0 Å². The van der Waals surface area contributed by atoms with Gasteiger partial charge < -0.3 is 5.32 Å². The average Bonchev–Trinajstić information content (AvgIpc) is 2.93. The van der Waals surface area contributed by atoms with Gasteiger partial charge in [-0.3, -0.25) is 14.0 Å². The summed E-state index contributed by atoms with van der Waals surface area (Å²) in [6.07, 6.45) is 0.809. The van der Waals surface area contributed by atoms with Crippen LogP contribution in [0.1, 0.15) is 17.0 Å². The number of thiazole rings is 1. The Bertz CT molecular complexity index is 948. The molecule has 124 valence electrons. The normalized spacial score (nSPS) is 10.9. The van der Waals surface area contributed by atoms with Crippen molar-refractivity contribution in [1.29, 1.82) is 0 Å². The fourth-order valence-corrected chi connectivity index (χ4v) is 3.64. The van der Waals surface area contributed by atoms with Gasteiger partial charge in [0.15, 0.2) is 4.96 Å². The summed E-state index contributed by atoms with van der Waals surface area (Å²) in [4.78, 5) is 29.1. The summed E-state index contributed by atoms with van der Waals surface area (Å²) in [5.41, 5.74) is 2.27. The van der Waals surface area contributed by atoms with E-state index in [1.54, 1.807) is 17.4 Å². The standard InChI is InChI=1S/C17H16ClN3O2S/c1-11-8-16(23)21-13(10-24-17(21)20-11)6-7-19-15(22)9-12-4-2-3-5-14(12)18/h2-5,8,10H,6-7,9H2,1H3,(H,19,22). The summed E-state index contributed by atoms with van der Waals surface area (Å²) >= 11 is 7.48. The van der Waals surface area contributed by atoms with E-state index in [-0.39, 0.29) is 17.9 Å². The number of hydrogen-bond acceptors (Lipinski definition) is 4. The molecule has 1 N–H and O–H groups in total. The van der Waals surface area contributed by atoms with Crippen molar-refractivity contribution >= 4 is 33.8 Å². The van der Waals surface area contributed by atoms with Gasteiger partial charge in [-0.1, -0.05) is 29.8 Å². The predicted octanol–water partition coefficient (Wildman–Crippen LogP) is 2.62. The molecule has 3 aromatic rings. The lowest BCUT2D eigenvalue weighted by Gasteiger charge is -2.06. The van der Waals surface area contributed by atoms with Crippen LogP contribution in [0.15, 0.2) is 40.5 Å². The second-order valence-electron chi connectivity index (χ2n) is 5.45. The van der Waals surface area contributed by atoms with Crippen LogP contribution >= 0.6 is 22.9 Å². The van der Waals surface area contributed by atoms with E-state index >= 15 is 0 Å². The molecule has 0 unspecified atom stereocenters. The van der Waals surface area contributed by atoms with Gasteiger partial charge >= 0.3 is 0 Å². The molecule has 0 aliphatic heterocycles. The summed E-state index contributed by atoms with van der Waals surface area (Å²) in [7, 11) is 0. The number of carbonyl (C=O) groups is 1. The van der Waals surface area contributed by atoms with E-state index in [2.05, 4.69) is 10.3 Å². The summed E-state index contributed by atoms with van der Waals surface area (Å²) in [6.45, 7) is 2.26. The third-order valence-corrected chi connectivity index (χ3v) is 4.86. The summed E-state index contributed by atoms with van der Waals surface area (Å²) < 4.78 is 1.60. The lowest BCUT2D eigenvalue weighted by molar-refractivity contribution is -0.120. The molecule has 24 heavy (non-hydrogen) atoms. The van der Waals surface area contributed by atoms with E-state index in [4.69, 9.17) is 11.6 Å². The number of aromatic nitrogens is 2. The highest BCUT2D eigenvalue weighted by Gasteiger charge is 2.09. The molecule has 1 aromatic carbocycles. The number of nitrogens with one attached hydrogen (secondary N) is 1. The van der Waals surface area contributed by atoms with Crippen molar-refractivity contribution in [3.63, 3.8) is 0 Å². The first kappa shape index (κ1) is 16.7. The van der Waals surface area contributed by atoms with E-state index in [0.29, 0.717) is 28.6 Å². The van der Waals surface area contributed by atoms with Gasteiger partial charge in [0.25, 0.3) is 5.56 Å². The molecule has 0 saturated carbocycles. The molecule has 5 nitrogen and oxygen atoms in total. The maximum absolute atomic E-state index is 12.1. The monoisotopic (exact) mass is 361 g/mol. The molecule has 0 aliphatic rings. The molecule has 0 saturated heterocycles. The second kappa shape index (κ2) is 7.15. The number of aryl methyl sites for hydroxylation is 1. The molecule has 2 aromatic heterocycles. The summed E-state index contributed by atoms with van der Waals surface area (Å²) in [6, 6.07) is 8.80. The van der Waals surface area contributed by atoms with Crippen molar-refractivity contribution in [2.45, 2.75) is 19.8 Å². The van der Waals surface area contributed by atoms with Crippen LogP contribution in [0.3, 0.4) is 0 Å². The number of fused-ring (bicyclic) bond motifs is 1. The quantitative estimate of drug-likeness (QED) is 0.759. The van der Waals surface area contributed by atoms with E-state index in [1.165, 1.54) is 17.4 Å². The van der Waals surface area contributed by atoms with Gasteiger partial charge in [-0.2, -0.15) is 0 Å². The molecule has 0 aliphatic carbocycles. The molecular formula is C17H16ClN3O2S. The number of halogens is 1. The molecule has 0 radical (unpaired) electrons. The average molecular weight is 362 g/mol. The van der Waals surface area contributed by atoms with Gasteiger partial charge in [0.05, 0.1) is 6.42 Å². The molecule has 7 heteroatoms. The highest BCUT2D eigenvalue weighted by molar-refractivity contribution is 7.15. The zero-order valence-corrected chi connectivity index (χ0v) is 14.7. The van der Waals surface area contributed by atoms with Crippen molar-refractivity contribution in [2.24, 2.45) is 0 Å². The van der Waals surface area contributed by atoms with E-state index in [9.17, 15) is 9.59 Å². The number of hydrogen-bond donors (Lipinski definition) is 1. The van der Waals surface area contributed by atoms with Crippen molar-refractivity contribution in [1.82, 2.24) is 14.7 Å². The first-order chi connectivity index (χ1) is 11.5. The first-order valence-corrected chi connectivity index (χ1v) is 8.77. The maximum atomic E-state index is 12.1. The Balaban J connectivity index is 1.62. The first-order valence-electron chi connectivity index (χ1n) is 7.51. The highest BCUT2D eigenvalue weighted by Crippen LogP contribution is 2.15. The number of nitrogens with zero attached hydrogens (tertiary/aromatic N) is 2. The Hall–Kier alpha value is -2.18. The van der Waals surface area contributed by atoms with Crippen LogP contribution < -0.4 is 10.9 Å². The molecule has 3 rings (SSSR count). The fraction of sp³-hybridized carbons (Fsp3) is 0.235. The highest BCUT2D eigenvalue weighted by atomic mass is 35.5. The van der Waals surface area contributed by atoms with E-state index in [1.807, 2.05) is 23.6 Å². The van der Waals surface area contributed by atoms with Gasteiger partial charge in [-0.25, -0.2) is 4.98 Å². The molecular weight excluding hydrogens is 346 g/mol. The largest absolute Gasteiger partial charge is 0.355 e. The van der Waals surface area contributed by atoms with E-state index < -0.39 is 0 Å². The minimum absolute atomic E-state index is 0.0869. The molecule has 1 amide bonds. The lowest BCUT2D eigenvalue weighted by Crippen LogP contribution is -2.28. The van der Waals surface area contributed by atoms with Crippen molar-refractivity contribution < 1.29 is 4.79 Å². The van der Waals surface area contributed by atoms with Crippen LogP contribution in [0.4, 0.5) is 0 Å². The zero-order valence-electron chi connectivity index (χ0n) is 13.1. The third-order valence-electron chi connectivity index (χ3n) is 3.62. The number of amides is 1. The second-order valence-corrected chi connectivity index (χ2v) is 6.69. The number of rotatable bonds is 5. The van der Waals surface area contributed by atoms with Gasteiger partial charge in [0, 0.05) is 40.8 Å². The number of benzene rings is 1. The Labute approximate surface area is 147 Å². The van der Waals surface area contributed by atoms with Crippen LogP contribution in [-0.4, -0.2) is 21.8 Å². The Morgan fingerprint density at radius 1 is 1.38 bits per heavy atom. The Kier molecular flexibility index (Phi) is 4.97. The maximum Gasteiger partial charge on any atom is 0.258 e. The minimum atomic E-state index is -0.0936. The van der Waals surface area contributed by atoms with Crippen LogP contribution in [0.25, 0.3) is 4.96 Å². The van der Waals surface area contributed by atoms with Crippen molar-refractivity contribution in [2.75, 3.05) is 6.54 Å². The molecule has 0 fully saturated rings. The van der Waals surface area contributed by atoms with Gasteiger partial charge in [0.1, 0.15) is 0 Å². The van der Waals surface area contributed by atoms with Crippen LogP contribution in [0, 0.1) is 6.92 Å². The molecule has 0 bridgehead atoms. The Morgan fingerprint density at radius 2 is 2.17 bits per heavy atom. The van der Waals surface area contributed by atoms with E-state index in [0.717, 1.165) is 11.3 Å². The zero-order chi connectivity index (χ0) is 17.1. The van der Waals surface area contributed by atoms with Crippen LogP contribution in [-0.2, 0) is 17.6 Å². The smallest absolute Gasteiger partial charge is 0.258 e. The van der Waals surface area contributed by atoms with Crippen LogP contribution in [0.2, 0.25) is 5.02 Å². The van der Waals surface area contributed by atoms with Gasteiger partial charge in [-0.05, 0) is 18.6 Å². The molecule has 0 spiro atoms. The number of carbonyl (C=O) groups excluding carboxylic acids is 1. The van der Waals surface area contributed by atoms with Gasteiger partial charge in [0.2, 0.25) is 5.91 Å². The molecule has 2 heterocycles. The van der Waals surface area contributed by atoms with Crippen molar-refractivity contribution in [3.8, 4) is 0 Å². The summed E-state index contributed by atoms with van der Waals surface area (Å²) in [5, 5.41) is 5.36. The predicted molar refractivity (Wildman–Crippen MR) is 95.9 cm³/mol. The molecule has 0 atom stereocenters.